The molecule has 32 heavy (non-hydrogen) atoms. The second-order valence-corrected chi connectivity index (χ2v) is 8.57. The van der Waals surface area contributed by atoms with Crippen molar-refractivity contribution in [1.29, 1.82) is 0 Å². The number of hydrogen-bond donors (Lipinski definition) is 5. The average molecular weight is 474 g/mol. The Labute approximate surface area is 193 Å². The first-order valence-corrected chi connectivity index (χ1v) is 11.6. The molecule has 0 spiro atoms. The second kappa shape index (κ2) is 10.1. The maximum absolute atomic E-state index is 10.9. The smallest absolute Gasteiger partial charge is 0.229 e. The minimum absolute atomic E-state index is 0.160. The molecule has 11 heteroatoms. The van der Waals surface area contributed by atoms with Crippen molar-refractivity contribution in [2.45, 2.75) is 13.1 Å². The van der Waals surface area contributed by atoms with Crippen molar-refractivity contribution in [3.8, 4) is 0 Å². The summed E-state index contributed by atoms with van der Waals surface area (Å²) in [6, 6.07) is 13.5. The minimum atomic E-state index is -2.69. The number of para-hydroxylation sites is 1. The molecule has 1 aliphatic heterocycles. The zero-order chi connectivity index (χ0) is 22.5. The number of halogens is 1. The molecule has 0 radical (unpaired) electrons. The van der Waals surface area contributed by atoms with E-state index in [9.17, 15) is 8.42 Å². The highest BCUT2D eigenvalue weighted by Gasteiger charge is 2.13. The summed E-state index contributed by atoms with van der Waals surface area (Å²) in [6.07, 6.45) is 1.52. The fourth-order valence-corrected chi connectivity index (χ4v) is 3.92. The Morgan fingerprint density at radius 1 is 1.19 bits per heavy atom. The van der Waals surface area contributed by atoms with Crippen LogP contribution in [-0.4, -0.2) is 38.5 Å². The average Bonchev–Trinajstić information content (AvgIpc) is 2.96. The predicted molar refractivity (Wildman–Crippen MR) is 129 cm³/mol. The van der Waals surface area contributed by atoms with Crippen molar-refractivity contribution >= 4 is 51.3 Å². The fourth-order valence-electron chi connectivity index (χ4n) is 3.49. The number of fused-ring (bicyclic) bond motifs is 1. The summed E-state index contributed by atoms with van der Waals surface area (Å²) >= 11 is 6.32. The lowest BCUT2D eigenvalue weighted by Gasteiger charge is -2.19. The van der Waals surface area contributed by atoms with Crippen molar-refractivity contribution in [3.05, 3.63) is 64.8 Å². The van der Waals surface area contributed by atoms with Crippen LogP contribution in [0.5, 0.6) is 0 Å². The van der Waals surface area contributed by atoms with E-state index in [-0.39, 0.29) is 6.54 Å². The van der Waals surface area contributed by atoms with Crippen molar-refractivity contribution < 1.29 is 8.42 Å². The van der Waals surface area contributed by atoms with E-state index in [1.165, 1.54) is 17.4 Å². The van der Waals surface area contributed by atoms with Crippen molar-refractivity contribution in [1.82, 2.24) is 20.0 Å². The van der Waals surface area contributed by atoms with Crippen molar-refractivity contribution in [2.75, 3.05) is 35.7 Å². The summed E-state index contributed by atoms with van der Waals surface area (Å²) in [5, 5.41) is 10.2. The molecule has 0 saturated carbocycles. The summed E-state index contributed by atoms with van der Waals surface area (Å²) in [6.45, 7) is 2.85. The van der Waals surface area contributed by atoms with E-state index in [1.54, 1.807) is 0 Å². The first-order valence-electron chi connectivity index (χ1n) is 10.1. The van der Waals surface area contributed by atoms with Gasteiger partial charge < -0.3 is 20.9 Å². The molecule has 3 aromatic rings. The first-order chi connectivity index (χ1) is 15.5. The Morgan fingerprint density at radius 2 is 2.03 bits per heavy atom. The number of hydrogen-bond acceptors (Lipinski definition) is 8. The summed E-state index contributed by atoms with van der Waals surface area (Å²) in [7, 11) is -0.606. The van der Waals surface area contributed by atoms with Gasteiger partial charge in [-0.2, -0.15) is 4.98 Å². The van der Waals surface area contributed by atoms with Gasteiger partial charge in [-0.1, -0.05) is 29.8 Å². The third-order valence-corrected chi connectivity index (χ3v) is 5.79. The largest absolute Gasteiger partial charge is 0.373 e. The standard InChI is InChI=1S/C21H24ClN7O2S/c1-29-9-8-23-11-15-10-16(6-7-19(15)29)26-21-24-13-17(22)20(28-21)27-18-5-3-2-4-14(18)12-25-32(30)31/h2-7,10,13,23,32H,8-9,11-12H2,1H3,(H,25,30,31)(H2,24,26,27,28). The van der Waals surface area contributed by atoms with E-state index in [0.717, 1.165) is 30.9 Å². The van der Waals surface area contributed by atoms with Gasteiger partial charge in [0.25, 0.3) is 0 Å². The second-order valence-electron chi connectivity index (χ2n) is 7.33. The Kier molecular flexibility index (Phi) is 7.05. The summed E-state index contributed by atoms with van der Waals surface area (Å²) < 4.78 is 24.2. The molecule has 0 saturated heterocycles. The number of anilines is 5. The Hall–Kier alpha value is -2.92. The number of aromatic nitrogens is 2. The minimum Gasteiger partial charge on any atom is -0.373 e. The number of benzene rings is 2. The maximum atomic E-state index is 10.9. The molecule has 9 nitrogen and oxygen atoms in total. The highest BCUT2D eigenvalue weighted by atomic mass is 35.5. The molecule has 0 unspecified atom stereocenters. The topological polar surface area (TPSA) is 111 Å². The van der Waals surface area contributed by atoms with E-state index in [1.807, 2.05) is 30.3 Å². The maximum Gasteiger partial charge on any atom is 0.229 e. The molecular weight excluding hydrogens is 450 g/mol. The van der Waals surface area contributed by atoms with Crippen LogP contribution in [-0.2, 0) is 24.0 Å². The van der Waals surface area contributed by atoms with Gasteiger partial charge >= 0.3 is 0 Å². The molecule has 4 N–H and O–H groups in total. The Balaban J connectivity index is 1.55. The van der Waals surface area contributed by atoms with Crippen LogP contribution in [0.4, 0.5) is 28.8 Å². The monoisotopic (exact) mass is 473 g/mol. The van der Waals surface area contributed by atoms with Gasteiger partial charge in [-0.15, -0.1) is 0 Å². The van der Waals surface area contributed by atoms with E-state index in [2.05, 4.69) is 54.7 Å². The normalized spacial score (nSPS) is 13.5. The highest BCUT2D eigenvalue weighted by molar-refractivity contribution is 7.70. The number of nitrogens with zero attached hydrogens (tertiary/aromatic N) is 3. The Morgan fingerprint density at radius 3 is 2.88 bits per heavy atom. The van der Waals surface area contributed by atoms with E-state index in [0.29, 0.717) is 22.5 Å². The van der Waals surface area contributed by atoms with Gasteiger partial charge in [-0.25, -0.2) is 18.1 Å². The molecule has 0 bridgehead atoms. The van der Waals surface area contributed by atoms with Gasteiger partial charge in [0.2, 0.25) is 16.8 Å². The number of likely N-dealkylation sites (N-methyl/N-ethyl adjacent to an activating group) is 1. The Bertz CT molecular complexity index is 1180. The van der Waals surface area contributed by atoms with Gasteiger partial charge in [0.05, 0.1) is 6.20 Å². The molecule has 2 aromatic carbocycles. The highest BCUT2D eigenvalue weighted by Crippen LogP contribution is 2.29. The SMILES string of the molecule is CN1CCNCc2cc(Nc3ncc(Cl)c(Nc4ccccc4CN[SH](=O)=O)n3)ccc21. The van der Waals surface area contributed by atoms with E-state index >= 15 is 0 Å². The van der Waals surface area contributed by atoms with Crippen LogP contribution in [0, 0.1) is 0 Å². The molecular formula is C21H24ClN7O2S. The summed E-state index contributed by atoms with van der Waals surface area (Å²) in [5.41, 5.74) is 4.73. The van der Waals surface area contributed by atoms with Crippen molar-refractivity contribution in [2.24, 2.45) is 0 Å². The van der Waals surface area contributed by atoms with Crippen LogP contribution in [0.15, 0.2) is 48.7 Å². The number of thiol groups is 1. The molecule has 0 aliphatic carbocycles. The zero-order valence-electron chi connectivity index (χ0n) is 17.4. The molecule has 1 aliphatic rings. The lowest BCUT2D eigenvalue weighted by Crippen LogP contribution is -2.24. The van der Waals surface area contributed by atoms with Crippen LogP contribution >= 0.6 is 11.6 Å². The van der Waals surface area contributed by atoms with Crippen LogP contribution in [0.1, 0.15) is 11.1 Å². The van der Waals surface area contributed by atoms with Crippen molar-refractivity contribution in [3.63, 3.8) is 0 Å². The molecule has 4 rings (SSSR count). The van der Waals surface area contributed by atoms with Gasteiger partial charge in [0.1, 0.15) is 5.02 Å². The predicted octanol–water partition coefficient (Wildman–Crippen LogP) is 2.77. The molecule has 0 fully saturated rings. The van der Waals surface area contributed by atoms with Gasteiger partial charge in [-0.3, -0.25) is 0 Å². The first kappa shape index (κ1) is 22.3. The molecule has 168 valence electrons. The quantitative estimate of drug-likeness (QED) is 0.333. The molecule has 2 heterocycles. The molecule has 1 aromatic heterocycles. The summed E-state index contributed by atoms with van der Waals surface area (Å²) in [5.74, 6) is 0.810. The molecule has 0 amide bonds. The fraction of sp³-hybridized carbons (Fsp3) is 0.238. The summed E-state index contributed by atoms with van der Waals surface area (Å²) in [4.78, 5) is 11.0. The van der Waals surface area contributed by atoms with Gasteiger partial charge in [0.15, 0.2) is 5.82 Å². The van der Waals surface area contributed by atoms with Crippen LogP contribution < -0.4 is 25.6 Å². The van der Waals surface area contributed by atoms with E-state index < -0.39 is 10.9 Å². The van der Waals surface area contributed by atoms with Gasteiger partial charge in [0, 0.05) is 50.3 Å². The van der Waals surface area contributed by atoms with Gasteiger partial charge in [-0.05, 0) is 35.4 Å². The number of rotatable bonds is 7. The third-order valence-electron chi connectivity index (χ3n) is 5.10. The lowest BCUT2D eigenvalue weighted by atomic mass is 10.1. The van der Waals surface area contributed by atoms with Crippen LogP contribution in [0.3, 0.4) is 0 Å². The van der Waals surface area contributed by atoms with Crippen LogP contribution in [0.2, 0.25) is 5.02 Å². The lowest BCUT2D eigenvalue weighted by molar-refractivity contribution is 0.601. The number of nitrogens with one attached hydrogen (secondary N) is 4. The zero-order valence-corrected chi connectivity index (χ0v) is 19.1. The van der Waals surface area contributed by atoms with E-state index in [4.69, 9.17) is 11.6 Å². The van der Waals surface area contributed by atoms with Crippen LogP contribution in [0.25, 0.3) is 0 Å². The third kappa shape index (κ3) is 5.46. The molecule has 0 atom stereocenters.